The lowest BCUT2D eigenvalue weighted by Gasteiger charge is -2.35. The van der Waals surface area contributed by atoms with Crippen molar-refractivity contribution in [1.82, 2.24) is 10.2 Å². The number of nitrogens with one attached hydrogen (secondary N) is 1. The second-order valence-electron chi connectivity index (χ2n) is 13.4. The van der Waals surface area contributed by atoms with E-state index >= 15 is 0 Å². The van der Waals surface area contributed by atoms with E-state index in [1.165, 1.54) is 25.7 Å². The number of ether oxygens (including phenoxy) is 2. The molecular weight excluding hydrogens is 568 g/mol. The third kappa shape index (κ3) is 9.41. The molecule has 2 aliphatic carbocycles. The van der Waals surface area contributed by atoms with Crippen LogP contribution < -0.4 is 14.8 Å². The first-order chi connectivity index (χ1) is 21.6. The molecule has 0 saturated heterocycles. The van der Waals surface area contributed by atoms with E-state index in [0.717, 1.165) is 38.5 Å². The van der Waals surface area contributed by atoms with Gasteiger partial charge in [-0.05, 0) is 73.9 Å². The van der Waals surface area contributed by atoms with E-state index in [2.05, 4.69) is 5.32 Å². The minimum atomic E-state index is -0.493. The van der Waals surface area contributed by atoms with Crippen molar-refractivity contribution in [2.75, 3.05) is 26.9 Å². The molecule has 4 rings (SSSR count). The lowest BCUT2D eigenvalue weighted by atomic mass is 9.70. The number of carbonyl (C=O) groups excluding carboxylic acids is 4. The summed E-state index contributed by atoms with van der Waals surface area (Å²) in [5.41, 5.74) is 0.462. The second kappa shape index (κ2) is 16.1. The Morgan fingerprint density at radius 1 is 0.822 bits per heavy atom. The van der Waals surface area contributed by atoms with Crippen molar-refractivity contribution < 1.29 is 28.7 Å². The van der Waals surface area contributed by atoms with Crippen LogP contribution in [-0.4, -0.2) is 55.2 Å². The van der Waals surface area contributed by atoms with Crippen molar-refractivity contribution >= 4 is 23.4 Å². The SMILES string of the molecule is C[C@H](C(=O)N(C)CC(=O)c1cccc(OCOc2ccc(C(=O)CNC(=O)C(C)(C)C3CCCCC3)cc2)c1)C1CCCCC1. The maximum Gasteiger partial charge on any atom is 0.230 e. The number of likely N-dealkylation sites (N-methyl/N-ethyl adjacent to an activating group) is 1. The molecule has 0 heterocycles. The number of benzene rings is 2. The molecule has 1 atom stereocenters. The number of ketones is 2. The Morgan fingerprint density at radius 2 is 1.44 bits per heavy atom. The molecule has 8 heteroatoms. The highest BCUT2D eigenvalue weighted by atomic mass is 16.7. The van der Waals surface area contributed by atoms with E-state index in [-0.39, 0.29) is 49.2 Å². The molecule has 0 radical (unpaired) electrons. The lowest BCUT2D eigenvalue weighted by Crippen LogP contribution is -2.44. The van der Waals surface area contributed by atoms with Crippen LogP contribution in [0, 0.1) is 23.2 Å². The molecule has 0 spiro atoms. The van der Waals surface area contributed by atoms with Crippen molar-refractivity contribution in [1.29, 1.82) is 0 Å². The topological polar surface area (TPSA) is 102 Å². The van der Waals surface area contributed by atoms with Gasteiger partial charge in [-0.25, -0.2) is 0 Å². The molecule has 2 saturated carbocycles. The molecule has 0 aliphatic heterocycles. The standard InChI is InChI=1S/C37H50N2O6/c1-26(27-12-7-5-8-13-27)35(42)39(4)24-34(41)29-14-11-17-32(22-29)45-25-44-31-20-18-28(19-21-31)33(40)23-38-36(43)37(2,3)30-15-9-6-10-16-30/h11,14,17-22,26-27,30H,5-10,12-13,15-16,23-25H2,1-4H3,(H,38,43)/t26-/m0/s1. The smallest absolute Gasteiger partial charge is 0.230 e. The zero-order valence-electron chi connectivity index (χ0n) is 27.4. The van der Waals surface area contributed by atoms with Crippen molar-refractivity contribution in [3.05, 3.63) is 59.7 Å². The number of hydrogen-bond acceptors (Lipinski definition) is 6. The molecular formula is C37H50N2O6. The molecule has 2 fully saturated rings. The summed E-state index contributed by atoms with van der Waals surface area (Å²) in [5, 5.41) is 2.85. The van der Waals surface area contributed by atoms with Crippen LogP contribution in [0.25, 0.3) is 0 Å². The number of nitrogens with zero attached hydrogens (tertiary/aromatic N) is 1. The number of Topliss-reactive ketones (excluding diaryl/α,β-unsaturated/α-hetero) is 2. The van der Waals surface area contributed by atoms with Gasteiger partial charge in [-0.15, -0.1) is 0 Å². The largest absolute Gasteiger partial charge is 0.458 e. The summed E-state index contributed by atoms with van der Waals surface area (Å²) in [6.45, 7) is 5.82. The molecule has 8 nitrogen and oxygen atoms in total. The van der Waals surface area contributed by atoms with Crippen LogP contribution >= 0.6 is 0 Å². The summed E-state index contributed by atoms with van der Waals surface area (Å²) in [7, 11) is 1.70. The number of hydrogen-bond donors (Lipinski definition) is 1. The van der Waals surface area contributed by atoms with E-state index in [0.29, 0.717) is 34.5 Å². The van der Waals surface area contributed by atoms with Gasteiger partial charge in [0.1, 0.15) is 11.5 Å². The normalized spacial score (nSPS) is 16.8. The number of rotatable bonds is 14. The molecule has 0 aromatic heterocycles. The van der Waals surface area contributed by atoms with E-state index in [4.69, 9.17) is 9.47 Å². The summed E-state index contributed by atoms with van der Waals surface area (Å²) in [4.78, 5) is 53.1. The Hall–Kier alpha value is -3.68. The number of amides is 2. The maximum absolute atomic E-state index is 13.0. The first-order valence-electron chi connectivity index (χ1n) is 16.6. The van der Waals surface area contributed by atoms with Gasteiger partial charge in [-0.1, -0.05) is 71.4 Å². The van der Waals surface area contributed by atoms with Gasteiger partial charge in [-0.2, -0.15) is 0 Å². The lowest BCUT2D eigenvalue weighted by molar-refractivity contribution is -0.135. The Bertz CT molecular complexity index is 1310. The Kier molecular flexibility index (Phi) is 12.2. The van der Waals surface area contributed by atoms with Crippen LogP contribution in [0.4, 0.5) is 0 Å². The predicted octanol–water partition coefficient (Wildman–Crippen LogP) is 6.86. The van der Waals surface area contributed by atoms with Crippen molar-refractivity contribution in [3.8, 4) is 11.5 Å². The Morgan fingerprint density at radius 3 is 2.11 bits per heavy atom. The minimum absolute atomic E-state index is 0.0167. The van der Waals surface area contributed by atoms with Crippen LogP contribution in [0.5, 0.6) is 11.5 Å². The van der Waals surface area contributed by atoms with Gasteiger partial charge in [0.15, 0.2) is 11.6 Å². The molecule has 0 unspecified atom stereocenters. The molecule has 45 heavy (non-hydrogen) atoms. The second-order valence-corrected chi connectivity index (χ2v) is 13.4. The summed E-state index contributed by atoms with van der Waals surface area (Å²) < 4.78 is 11.4. The summed E-state index contributed by atoms with van der Waals surface area (Å²) in [6.07, 6.45) is 11.4. The average molecular weight is 619 g/mol. The highest BCUT2D eigenvalue weighted by Gasteiger charge is 2.37. The van der Waals surface area contributed by atoms with Crippen molar-refractivity contribution in [2.45, 2.75) is 85.0 Å². The third-order valence-corrected chi connectivity index (χ3v) is 9.91. The molecule has 2 aliphatic rings. The van der Waals surface area contributed by atoms with Crippen LogP contribution in [0.15, 0.2) is 48.5 Å². The molecule has 2 aromatic rings. The summed E-state index contributed by atoms with van der Waals surface area (Å²) in [5.74, 6) is 1.30. The summed E-state index contributed by atoms with van der Waals surface area (Å²) in [6, 6.07) is 13.6. The average Bonchev–Trinajstić information content (AvgIpc) is 3.07. The monoisotopic (exact) mass is 618 g/mol. The predicted molar refractivity (Wildman–Crippen MR) is 174 cm³/mol. The first-order valence-corrected chi connectivity index (χ1v) is 16.6. The molecule has 2 aromatic carbocycles. The van der Waals surface area contributed by atoms with E-state index in [1.54, 1.807) is 60.5 Å². The van der Waals surface area contributed by atoms with Gasteiger partial charge in [0, 0.05) is 29.5 Å². The number of carbonyl (C=O) groups is 4. The highest BCUT2D eigenvalue weighted by Crippen LogP contribution is 2.38. The fourth-order valence-electron chi connectivity index (χ4n) is 6.73. The maximum atomic E-state index is 13.0. The van der Waals surface area contributed by atoms with Gasteiger partial charge in [0.25, 0.3) is 0 Å². The third-order valence-electron chi connectivity index (χ3n) is 9.91. The Balaban J connectivity index is 1.21. The van der Waals surface area contributed by atoms with Crippen molar-refractivity contribution in [3.63, 3.8) is 0 Å². The quantitative estimate of drug-likeness (QED) is 0.183. The molecule has 2 amide bonds. The van der Waals surface area contributed by atoms with E-state index in [1.807, 2.05) is 20.8 Å². The minimum Gasteiger partial charge on any atom is -0.458 e. The molecule has 0 bridgehead atoms. The van der Waals surface area contributed by atoms with Gasteiger partial charge in [0.05, 0.1) is 13.1 Å². The summed E-state index contributed by atoms with van der Waals surface area (Å²) >= 11 is 0. The Labute approximate surface area is 268 Å². The van der Waals surface area contributed by atoms with Crippen LogP contribution in [-0.2, 0) is 9.59 Å². The zero-order valence-corrected chi connectivity index (χ0v) is 27.4. The van der Waals surface area contributed by atoms with Crippen LogP contribution in [0.3, 0.4) is 0 Å². The van der Waals surface area contributed by atoms with E-state index < -0.39 is 5.41 Å². The zero-order chi connectivity index (χ0) is 32.4. The van der Waals surface area contributed by atoms with Gasteiger partial charge >= 0.3 is 0 Å². The van der Waals surface area contributed by atoms with Gasteiger partial charge in [0.2, 0.25) is 18.6 Å². The fourth-order valence-corrected chi connectivity index (χ4v) is 6.73. The van der Waals surface area contributed by atoms with Gasteiger partial charge < -0.3 is 19.7 Å². The first kappa shape index (κ1) is 34.2. The van der Waals surface area contributed by atoms with Crippen molar-refractivity contribution in [2.24, 2.45) is 23.2 Å². The van der Waals surface area contributed by atoms with Gasteiger partial charge in [-0.3, -0.25) is 19.2 Å². The fraction of sp³-hybridized carbons (Fsp3) is 0.568. The molecule has 244 valence electrons. The van der Waals surface area contributed by atoms with E-state index in [9.17, 15) is 19.2 Å². The van der Waals surface area contributed by atoms with Crippen LogP contribution in [0.2, 0.25) is 0 Å². The highest BCUT2D eigenvalue weighted by molar-refractivity contribution is 6.00. The molecule has 1 N–H and O–H groups in total. The van der Waals surface area contributed by atoms with Crippen LogP contribution in [0.1, 0.15) is 106 Å².